The predicted octanol–water partition coefficient (Wildman–Crippen LogP) is 4.19. The maximum atomic E-state index is 14.0. The zero-order chi connectivity index (χ0) is 15.1. The van der Waals surface area contributed by atoms with Crippen molar-refractivity contribution < 1.29 is 9.18 Å². The minimum atomic E-state index is -0.419. The van der Waals surface area contributed by atoms with Crippen molar-refractivity contribution in [3.63, 3.8) is 0 Å². The smallest absolute Gasteiger partial charge is 0.195 e. The number of benzene rings is 2. The summed E-state index contributed by atoms with van der Waals surface area (Å²) in [6.45, 7) is 1.78. The molecule has 0 saturated carbocycles. The molecular formula is C16H12BrFN2O. The van der Waals surface area contributed by atoms with E-state index in [1.165, 1.54) is 12.3 Å². The average Bonchev–Trinajstić information content (AvgIpc) is 2.87. The fourth-order valence-corrected chi connectivity index (χ4v) is 2.88. The highest BCUT2D eigenvalue weighted by molar-refractivity contribution is 9.10. The van der Waals surface area contributed by atoms with Crippen molar-refractivity contribution in [3.05, 3.63) is 63.5 Å². The van der Waals surface area contributed by atoms with E-state index in [2.05, 4.69) is 20.9 Å². The summed E-state index contributed by atoms with van der Waals surface area (Å²) in [6, 6.07) is 8.12. The van der Waals surface area contributed by atoms with Crippen molar-refractivity contribution in [1.29, 1.82) is 0 Å². The van der Waals surface area contributed by atoms with Gasteiger partial charge in [0.1, 0.15) is 5.82 Å². The Labute approximate surface area is 129 Å². The molecule has 3 rings (SSSR count). The Balaban J connectivity index is 2.22. The fraction of sp³-hybridized carbons (Fsp3) is 0.0625. The van der Waals surface area contributed by atoms with Gasteiger partial charge in [0.05, 0.1) is 5.56 Å². The van der Waals surface area contributed by atoms with E-state index in [9.17, 15) is 9.18 Å². The maximum absolute atomic E-state index is 14.0. The van der Waals surface area contributed by atoms with E-state index in [-0.39, 0.29) is 5.78 Å². The van der Waals surface area contributed by atoms with Crippen molar-refractivity contribution in [3.8, 4) is 0 Å². The van der Waals surface area contributed by atoms with Gasteiger partial charge in [-0.1, -0.05) is 22.0 Å². The number of aromatic nitrogens is 1. The number of nitrogens with two attached hydrogens (primary N) is 1. The van der Waals surface area contributed by atoms with Crippen molar-refractivity contribution in [1.82, 2.24) is 4.98 Å². The van der Waals surface area contributed by atoms with Gasteiger partial charge >= 0.3 is 0 Å². The van der Waals surface area contributed by atoms with Crippen LogP contribution in [0.1, 0.15) is 21.5 Å². The molecule has 0 radical (unpaired) electrons. The van der Waals surface area contributed by atoms with Crippen LogP contribution in [0.3, 0.4) is 0 Å². The first-order valence-electron chi connectivity index (χ1n) is 6.35. The molecule has 21 heavy (non-hydrogen) atoms. The highest BCUT2D eigenvalue weighted by Gasteiger charge is 2.19. The Morgan fingerprint density at radius 2 is 2.05 bits per heavy atom. The molecule has 3 aromatic rings. The third kappa shape index (κ3) is 2.23. The van der Waals surface area contributed by atoms with Crippen LogP contribution in [0.5, 0.6) is 0 Å². The number of rotatable bonds is 2. The van der Waals surface area contributed by atoms with E-state index in [4.69, 9.17) is 5.73 Å². The molecule has 0 aliphatic heterocycles. The molecule has 0 spiro atoms. The Morgan fingerprint density at radius 3 is 2.81 bits per heavy atom. The monoisotopic (exact) mass is 346 g/mol. The lowest BCUT2D eigenvalue weighted by Gasteiger charge is -2.08. The molecule has 0 aliphatic rings. The van der Waals surface area contributed by atoms with Gasteiger partial charge in [-0.25, -0.2) is 4.39 Å². The van der Waals surface area contributed by atoms with Crippen LogP contribution in [-0.2, 0) is 0 Å². The summed E-state index contributed by atoms with van der Waals surface area (Å²) in [4.78, 5) is 15.7. The Bertz CT molecular complexity index is 870. The summed E-state index contributed by atoms with van der Waals surface area (Å²) in [6.07, 6.45) is 1.53. The SMILES string of the molecule is Cc1c(N)cc(Br)cc1C(=O)c1c[nH]c2cccc(F)c12. The minimum Gasteiger partial charge on any atom is -0.398 e. The largest absolute Gasteiger partial charge is 0.398 e. The van der Waals surface area contributed by atoms with Crippen molar-refractivity contribution >= 4 is 38.3 Å². The number of ketones is 1. The molecule has 2 aromatic carbocycles. The third-order valence-electron chi connectivity index (χ3n) is 3.56. The van der Waals surface area contributed by atoms with E-state index in [1.54, 1.807) is 31.2 Å². The van der Waals surface area contributed by atoms with Crippen LogP contribution in [-0.4, -0.2) is 10.8 Å². The number of H-pyrrole nitrogens is 1. The molecule has 106 valence electrons. The first kappa shape index (κ1) is 13.8. The molecule has 0 amide bonds. The number of hydrogen-bond donors (Lipinski definition) is 2. The molecule has 1 heterocycles. The quantitative estimate of drug-likeness (QED) is 0.539. The molecule has 3 nitrogen and oxygen atoms in total. The van der Waals surface area contributed by atoms with Gasteiger partial charge in [0.25, 0.3) is 0 Å². The van der Waals surface area contributed by atoms with Gasteiger partial charge in [-0.3, -0.25) is 4.79 Å². The topological polar surface area (TPSA) is 58.9 Å². The van der Waals surface area contributed by atoms with Crippen LogP contribution in [0, 0.1) is 12.7 Å². The Morgan fingerprint density at radius 1 is 1.29 bits per heavy atom. The number of anilines is 1. The second-order valence-electron chi connectivity index (χ2n) is 4.86. The predicted molar refractivity (Wildman–Crippen MR) is 85.0 cm³/mol. The normalized spacial score (nSPS) is 11.0. The highest BCUT2D eigenvalue weighted by atomic mass is 79.9. The second-order valence-corrected chi connectivity index (χ2v) is 5.78. The molecule has 5 heteroatoms. The highest BCUT2D eigenvalue weighted by Crippen LogP contribution is 2.28. The summed E-state index contributed by atoms with van der Waals surface area (Å²) in [5.74, 6) is -0.672. The first-order valence-corrected chi connectivity index (χ1v) is 7.14. The Hall–Kier alpha value is -2.14. The van der Waals surface area contributed by atoms with E-state index < -0.39 is 5.82 Å². The first-order chi connectivity index (χ1) is 9.99. The molecule has 1 aromatic heterocycles. The van der Waals surface area contributed by atoms with Crippen LogP contribution in [0.15, 0.2) is 41.0 Å². The fourth-order valence-electron chi connectivity index (χ4n) is 2.40. The molecule has 0 atom stereocenters. The van der Waals surface area contributed by atoms with Gasteiger partial charge in [0.15, 0.2) is 5.78 Å². The number of halogens is 2. The van der Waals surface area contributed by atoms with Crippen LogP contribution < -0.4 is 5.73 Å². The lowest BCUT2D eigenvalue weighted by Crippen LogP contribution is -2.06. The average molecular weight is 347 g/mol. The zero-order valence-corrected chi connectivity index (χ0v) is 12.8. The molecule has 0 saturated heterocycles. The molecule has 0 aliphatic carbocycles. The van der Waals surface area contributed by atoms with Gasteiger partial charge in [-0.2, -0.15) is 0 Å². The van der Waals surface area contributed by atoms with E-state index in [0.29, 0.717) is 37.8 Å². The van der Waals surface area contributed by atoms with E-state index >= 15 is 0 Å². The van der Waals surface area contributed by atoms with Gasteiger partial charge in [0.2, 0.25) is 0 Å². The lowest BCUT2D eigenvalue weighted by atomic mass is 9.97. The molecule has 0 bridgehead atoms. The maximum Gasteiger partial charge on any atom is 0.195 e. The number of carbonyl (C=O) groups is 1. The summed E-state index contributed by atoms with van der Waals surface area (Å²) in [5.41, 5.74) is 8.47. The van der Waals surface area contributed by atoms with Gasteiger partial charge < -0.3 is 10.7 Å². The molecule has 3 N–H and O–H groups in total. The van der Waals surface area contributed by atoms with Crippen molar-refractivity contribution in [2.45, 2.75) is 6.92 Å². The lowest BCUT2D eigenvalue weighted by molar-refractivity contribution is 0.103. The van der Waals surface area contributed by atoms with Gasteiger partial charge in [-0.15, -0.1) is 0 Å². The molecular weight excluding hydrogens is 335 g/mol. The van der Waals surface area contributed by atoms with Crippen LogP contribution >= 0.6 is 15.9 Å². The number of carbonyl (C=O) groups excluding carboxylic acids is 1. The standard InChI is InChI=1S/C16H12BrFN2O/c1-8-10(5-9(17)6-13(8)19)16(21)11-7-20-14-4-2-3-12(18)15(11)14/h2-7,20H,19H2,1H3. The zero-order valence-electron chi connectivity index (χ0n) is 11.2. The summed E-state index contributed by atoms with van der Waals surface area (Å²) in [7, 11) is 0. The van der Waals surface area contributed by atoms with Gasteiger partial charge in [0, 0.05) is 32.8 Å². The summed E-state index contributed by atoms with van der Waals surface area (Å²) in [5, 5.41) is 0.306. The van der Waals surface area contributed by atoms with Gasteiger partial charge in [-0.05, 0) is 36.8 Å². The number of aromatic amines is 1. The second kappa shape index (κ2) is 5.00. The number of nitrogen functional groups attached to an aromatic ring is 1. The van der Waals surface area contributed by atoms with Crippen LogP contribution in [0.4, 0.5) is 10.1 Å². The van der Waals surface area contributed by atoms with E-state index in [0.717, 1.165) is 0 Å². The number of fused-ring (bicyclic) bond motifs is 1. The summed E-state index contributed by atoms with van der Waals surface area (Å²) < 4.78 is 14.7. The van der Waals surface area contributed by atoms with Crippen molar-refractivity contribution in [2.24, 2.45) is 0 Å². The van der Waals surface area contributed by atoms with Crippen LogP contribution in [0.2, 0.25) is 0 Å². The van der Waals surface area contributed by atoms with Crippen molar-refractivity contribution in [2.75, 3.05) is 5.73 Å². The third-order valence-corrected chi connectivity index (χ3v) is 4.01. The Kier molecular flexibility index (Phi) is 3.29. The minimum absolute atomic E-state index is 0.253. The number of hydrogen-bond acceptors (Lipinski definition) is 2. The van der Waals surface area contributed by atoms with Crippen LogP contribution in [0.25, 0.3) is 10.9 Å². The number of nitrogens with one attached hydrogen (secondary N) is 1. The summed E-state index contributed by atoms with van der Waals surface area (Å²) >= 11 is 3.33. The molecule has 0 unspecified atom stereocenters. The molecule has 0 fully saturated rings. The van der Waals surface area contributed by atoms with E-state index in [1.807, 2.05) is 0 Å².